The van der Waals surface area contributed by atoms with Crippen molar-refractivity contribution in [1.29, 1.82) is 0 Å². The molecule has 0 bridgehead atoms. The molecular formula is C8H15IN2O. The van der Waals surface area contributed by atoms with Crippen LogP contribution in [0.4, 0.5) is 0 Å². The number of nitrogens with two attached hydrogens (primary N) is 1. The predicted molar refractivity (Wildman–Crippen MR) is 56.7 cm³/mol. The molecule has 0 saturated heterocycles. The molecule has 1 fully saturated rings. The molecule has 4 heteroatoms. The molecule has 0 aromatic rings. The van der Waals surface area contributed by atoms with Crippen molar-refractivity contribution in [3.8, 4) is 0 Å². The third-order valence-electron chi connectivity index (χ3n) is 2.64. The minimum atomic E-state index is 0.186. The van der Waals surface area contributed by atoms with Crippen LogP contribution in [0.5, 0.6) is 0 Å². The molecule has 1 rings (SSSR count). The van der Waals surface area contributed by atoms with Crippen molar-refractivity contribution in [3.63, 3.8) is 0 Å². The number of hydrogen-bond acceptors (Lipinski definition) is 2. The number of carbonyl (C=O) groups excluding carboxylic acids is 1. The zero-order chi connectivity index (χ0) is 8.97. The van der Waals surface area contributed by atoms with Gasteiger partial charge in [-0.3, -0.25) is 8.32 Å². The highest BCUT2D eigenvalue weighted by Gasteiger charge is 2.24. The zero-order valence-electron chi connectivity index (χ0n) is 7.05. The van der Waals surface area contributed by atoms with Gasteiger partial charge in [-0.15, -0.1) is 0 Å². The summed E-state index contributed by atoms with van der Waals surface area (Å²) in [5.41, 5.74) is 5.56. The first-order valence-corrected chi connectivity index (χ1v) is 5.46. The summed E-state index contributed by atoms with van der Waals surface area (Å²) in [5.74, 6) is 1.08. The van der Waals surface area contributed by atoms with E-state index in [2.05, 4.69) is 3.53 Å². The van der Waals surface area contributed by atoms with Crippen LogP contribution in [0.25, 0.3) is 0 Å². The predicted octanol–water partition coefficient (Wildman–Crippen LogP) is 1.22. The van der Waals surface area contributed by atoms with Crippen molar-refractivity contribution >= 4 is 28.8 Å². The van der Waals surface area contributed by atoms with Gasteiger partial charge in [0.1, 0.15) is 0 Å². The molecule has 70 valence electrons. The quantitative estimate of drug-likeness (QED) is 0.591. The minimum Gasteiger partial charge on any atom is -0.330 e. The van der Waals surface area contributed by atoms with Crippen molar-refractivity contribution in [3.05, 3.63) is 0 Å². The smallest absolute Gasteiger partial charge is 0.231 e. The lowest BCUT2D eigenvalue weighted by molar-refractivity contribution is -0.123. The van der Waals surface area contributed by atoms with E-state index in [1.165, 1.54) is 0 Å². The maximum atomic E-state index is 11.2. The second-order valence-electron chi connectivity index (χ2n) is 3.41. The molecule has 0 radical (unpaired) electrons. The van der Waals surface area contributed by atoms with Gasteiger partial charge in [-0.05, 0) is 38.1 Å². The van der Waals surface area contributed by atoms with Crippen LogP contribution < -0.4 is 9.26 Å². The monoisotopic (exact) mass is 282 g/mol. The second-order valence-corrected chi connectivity index (χ2v) is 3.95. The summed E-state index contributed by atoms with van der Waals surface area (Å²) in [5, 5.41) is 0. The van der Waals surface area contributed by atoms with Crippen LogP contribution in [0, 0.1) is 11.8 Å². The summed E-state index contributed by atoms with van der Waals surface area (Å²) in [7, 11) is 0. The molecular weight excluding hydrogens is 267 g/mol. The Morgan fingerprint density at radius 1 is 1.42 bits per heavy atom. The van der Waals surface area contributed by atoms with E-state index in [1.54, 1.807) is 0 Å². The number of amides is 1. The SMILES string of the molecule is NCC1CCC(C(=O)NI)CC1. The van der Waals surface area contributed by atoms with Crippen molar-refractivity contribution < 1.29 is 4.79 Å². The Bertz CT molecular complexity index is 155. The number of nitrogens with one attached hydrogen (secondary N) is 1. The highest BCUT2D eigenvalue weighted by molar-refractivity contribution is 14.1. The van der Waals surface area contributed by atoms with Crippen molar-refractivity contribution in [2.45, 2.75) is 25.7 Å². The van der Waals surface area contributed by atoms with Gasteiger partial charge in [-0.25, -0.2) is 0 Å². The normalized spacial score (nSPS) is 29.8. The molecule has 0 spiro atoms. The molecule has 1 aliphatic rings. The molecule has 12 heavy (non-hydrogen) atoms. The van der Waals surface area contributed by atoms with Crippen molar-refractivity contribution in [1.82, 2.24) is 3.53 Å². The van der Waals surface area contributed by atoms with Crippen LogP contribution in [-0.4, -0.2) is 12.5 Å². The van der Waals surface area contributed by atoms with Gasteiger partial charge in [0.25, 0.3) is 0 Å². The Morgan fingerprint density at radius 3 is 2.42 bits per heavy atom. The first-order chi connectivity index (χ1) is 5.77. The van der Waals surface area contributed by atoms with Crippen LogP contribution in [0.15, 0.2) is 0 Å². The fourth-order valence-corrected chi connectivity index (χ4v) is 2.18. The van der Waals surface area contributed by atoms with Crippen LogP contribution in [0.1, 0.15) is 25.7 Å². The first-order valence-electron chi connectivity index (χ1n) is 4.38. The maximum absolute atomic E-state index is 11.2. The van der Waals surface area contributed by atoms with E-state index in [1.807, 2.05) is 22.9 Å². The molecule has 1 amide bonds. The van der Waals surface area contributed by atoms with Crippen LogP contribution in [0.2, 0.25) is 0 Å². The highest BCUT2D eigenvalue weighted by Crippen LogP contribution is 2.28. The Labute approximate surface area is 87.0 Å². The Balaban J connectivity index is 2.30. The Morgan fingerprint density at radius 2 is 2.00 bits per heavy atom. The van der Waals surface area contributed by atoms with Crippen molar-refractivity contribution in [2.75, 3.05) is 6.54 Å². The molecule has 3 nitrogen and oxygen atoms in total. The second kappa shape index (κ2) is 5.01. The number of carbonyl (C=O) groups is 1. The van der Waals surface area contributed by atoms with E-state index in [9.17, 15) is 4.79 Å². The third kappa shape index (κ3) is 2.58. The molecule has 1 aliphatic carbocycles. The van der Waals surface area contributed by atoms with Gasteiger partial charge >= 0.3 is 0 Å². The molecule has 3 N–H and O–H groups in total. The molecule has 0 aliphatic heterocycles. The molecule has 0 unspecified atom stereocenters. The summed E-state index contributed by atoms with van der Waals surface area (Å²) in [6.45, 7) is 0.776. The average molecular weight is 282 g/mol. The lowest BCUT2D eigenvalue weighted by Crippen LogP contribution is -2.29. The van der Waals surface area contributed by atoms with Gasteiger partial charge in [0.2, 0.25) is 5.91 Å². The van der Waals surface area contributed by atoms with E-state index < -0.39 is 0 Å². The van der Waals surface area contributed by atoms with Gasteiger partial charge in [0.05, 0.1) is 22.9 Å². The number of rotatable bonds is 2. The highest BCUT2D eigenvalue weighted by atomic mass is 127. The maximum Gasteiger partial charge on any atom is 0.231 e. The standard InChI is InChI=1S/C8H15IN2O/c9-11-8(12)7-3-1-6(5-10)2-4-7/h6-7H,1-5,10H2,(H,11,12). The zero-order valence-corrected chi connectivity index (χ0v) is 9.21. The van der Waals surface area contributed by atoms with Gasteiger partial charge in [0.15, 0.2) is 0 Å². The largest absolute Gasteiger partial charge is 0.330 e. The first kappa shape index (κ1) is 10.2. The van der Waals surface area contributed by atoms with Crippen LogP contribution in [-0.2, 0) is 4.79 Å². The average Bonchev–Trinajstić information content (AvgIpc) is 2.17. The van der Waals surface area contributed by atoms with E-state index in [4.69, 9.17) is 5.73 Å². The number of hydrogen-bond donors (Lipinski definition) is 2. The van der Waals surface area contributed by atoms with E-state index in [-0.39, 0.29) is 11.8 Å². The topological polar surface area (TPSA) is 55.1 Å². The van der Waals surface area contributed by atoms with E-state index in [0.717, 1.165) is 32.2 Å². The molecule has 0 heterocycles. The van der Waals surface area contributed by atoms with Crippen LogP contribution >= 0.6 is 22.9 Å². The molecule has 0 aromatic heterocycles. The van der Waals surface area contributed by atoms with Gasteiger partial charge in [0, 0.05) is 5.92 Å². The lowest BCUT2D eigenvalue weighted by Gasteiger charge is -2.25. The van der Waals surface area contributed by atoms with Gasteiger partial charge in [-0.1, -0.05) is 0 Å². The molecule has 0 aromatic carbocycles. The fourth-order valence-electron chi connectivity index (χ4n) is 1.74. The van der Waals surface area contributed by atoms with Gasteiger partial charge in [-0.2, -0.15) is 0 Å². The Hall–Kier alpha value is 0.160. The minimum absolute atomic E-state index is 0.186. The summed E-state index contributed by atoms with van der Waals surface area (Å²) in [4.78, 5) is 11.2. The fraction of sp³-hybridized carbons (Fsp3) is 0.875. The summed E-state index contributed by atoms with van der Waals surface area (Å²) in [6, 6.07) is 0. The van der Waals surface area contributed by atoms with E-state index in [0.29, 0.717) is 5.92 Å². The van der Waals surface area contributed by atoms with E-state index >= 15 is 0 Å². The number of halogens is 1. The summed E-state index contributed by atoms with van der Waals surface area (Å²) < 4.78 is 2.67. The summed E-state index contributed by atoms with van der Waals surface area (Å²) >= 11 is 1.91. The van der Waals surface area contributed by atoms with Crippen LogP contribution in [0.3, 0.4) is 0 Å². The molecule has 0 atom stereocenters. The van der Waals surface area contributed by atoms with Crippen molar-refractivity contribution in [2.24, 2.45) is 17.6 Å². The lowest BCUT2D eigenvalue weighted by atomic mass is 9.82. The Kier molecular flexibility index (Phi) is 4.28. The molecule has 1 saturated carbocycles. The van der Waals surface area contributed by atoms with Gasteiger partial charge < -0.3 is 5.73 Å². The third-order valence-corrected chi connectivity index (χ3v) is 3.18. The summed E-state index contributed by atoms with van der Waals surface area (Å²) in [6.07, 6.45) is 4.25.